The Morgan fingerprint density at radius 3 is 3.10 bits per heavy atom. The molecule has 20 heavy (non-hydrogen) atoms. The second kappa shape index (κ2) is 6.83. The van der Waals surface area contributed by atoms with Gasteiger partial charge in [-0.25, -0.2) is 4.79 Å². The lowest BCUT2D eigenvalue weighted by molar-refractivity contribution is -0.117. The van der Waals surface area contributed by atoms with Crippen molar-refractivity contribution in [2.24, 2.45) is 5.73 Å². The normalized spacial score (nSPS) is 19.6. The zero-order chi connectivity index (χ0) is 14.5. The summed E-state index contributed by atoms with van der Waals surface area (Å²) in [5.41, 5.74) is 6.39. The van der Waals surface area contributed by atoms with Gasteiger partial charge in [0.05, 0.1) is 19.3 Å². The van der Waals surface area contributed by atoms with E-state index >= 15 is 0 Å². The predicted molar refractivity (Wildman–Crippen MR) is 77.9 cm³/mol. The molecule has 0 spiro atoms. The van der Waals surface area contributed by atoms with E-state index < -0.39 is 5.97 Å². The molecule has 1 fully saturated rings. The number of likely N-dealkylation sites (tertiary alicyclic amines) is 1. The number of carbonyl (C=O) groups is 2. The monoisotopic (exact) mass is 297 g/mol. The topological polar surface area (TPSA) is 84.7 Å². The van der Waals surface area contributed by atoms with Gasteiger partial charge in [-0.3, -0.25) is 9.69 Å². The van der Waals surface area contributed by atoms with Crippen molar-refractivity contribution in [3.63, 3.8) is 0 Å². The number of carbonyl (C=O) groups excluding carboxylic acids is 2. The molecule has 6 nitrogen and oxygen atoms in total. The first-order chi connectivity index (χ1) is 9.60. The van der Waals surface area contributed by atoms with Gasteiger partial charge in [0, 0.05) is 12.6 Å². The van der Waals surface area contributed by atoms with Crippen LogP contribution in [0.5, 0.6) is 0 Å². The highest BCUT2D eigenvalue weighted by Crippen LogP contribution is 2.23. The highest BCUT2D eigenvalue weighted by molar-refractivity contribution is 7.12. The fraction of sp³-hybridized carbons (Fsp3) is 0.538. The van der Waals surface area contributed by atoms with Crippen LogP contribution in [0.1, 0.15) is 22.5 Å². The van der Waals surface area contributed by atoms with E-state index in [-0.39, 0.29) is 11.9 Å². The second-order valence-electron chi connectivity index (χ2n) is 4.84. The van der Waals surface area contributed by atoms with E-state index in [0.717, 1.165) is 25.9 Å². The molecule has 110 valence electrons. The SMILES string of the molecule is COC(=O)c1sccc1NC(=O)CN1CCCC(N)C1. The fourth-order valence-corrected chi connectivity index (χ4v) is 3.05. The quantitative estimate of drug-likeness (QED) is 0.807. The van der Waals surface area contributed by atoms with Gasteiger partial charge in [-0.15, -0.1) is 11.3 Å². The molecular weight excluding hydrogens is 278 g/mol. The highest BCUT2D eigenvalue weighted by atomic mass is 32.1. The molecule has 3 N–H and O–H groups in total. The van der Waals surface area contributed by atoms with Crippen LogP contribution in [-0.2, 0) is 9.53 Å². The van der Waals surface area contributed by atoms with E-state index in [0.29, 0.717) is 17.1 Å². The molecule has 2 heterocycles. The van der Waals surface area contributed by atoms with Crippen LogP contribution in [0.4, 0.5) is 5.69 Å². The number of thiophene rings is 1. The third-order valence-electron chi connectivity index (χ3n) is 3.22. The number of amides is 1. The van der Waals surface area contributed by atoms with E-state index in [1.54, 1.807) is 11.4 Å². The number of nitrogens with zero attached hydrogens (tertiary/aromatic N) is 1. The van der Waals surface area contributed by atoms with Crippen LogP contribution < -0.4 is 11.1 Å². The van der Waals surface area contributed by atoms with Crippen molar-refractivity contribution in [1.82, 2.24) is 4.90 Å². The number of nitrogens with one attached hydrogen (secondary N) is 1. The summed E-state index contributed by atoms with van der Waals surface area (Å²) in [5.74, 6) is -0.571. The summed E-state index contributed by atoms with van der Waals surface area (Å²) in [4.78, 5) is 26.0. The minimum atomic E-state index is -0.435. The average molecular weight is 297 g/mol. The predicted octanol–water partition coefficient (Wildman–Crippen LogP) is 0.896. The Bertz CT molecular complexity index is 489. The largest absolute Gasteiger partial charge is 0.465 e. The molecule has 1 aromatic rings. The molecule has 7 heteroatoms. The molecule has 1 saturated heterocycles. The standard InChI is InChI=1S/C13H19N3O3S/c1-19-13(18)12-10(4-6-20-12)15-11(17)8-16-5-2-3-9(14)7-16/h4,6,9H,2-3,5,7-8,14H2,1H3,(H,15,17). The van der Waals surface area contributed by atoms with Gasteiger partial charge in [0.2, 0.25) is 5.91 Å². The number of esters is 1. The zero-order valence-corrected chi connectivity index (χ0v) is 12.2. The van der Waals surface area contributed by atoms with Crippen LogP contribution in [0.25, 0.3) is 0 Å². The third-order valence-corrected chi connectivity index (χ3v) is 4.11. The number of nitrogens with two attached hydrogens (primary N) is 1. The summed E-state index contributed by atoms with van der Waals surface area (Å²) in [7, 11) is 1.32. The number of anilines is 1. The van der Waals surface area contributed by atoms with Crippen molar-refractivity contribution in [3.8, 4) is 0 Å². The first-order valence-corrected chi connectivity index (χ1v) is 7.41. The molecule has 0 radical (unpaired) electrons. The molecule has 0 bridgehead atoms. The zero-order valence-electron chi connectivity index (χ0n) is 11.4. The van der Waals surface area contributed by atoms with Crippen LogP contribution in [0.3, 0.4) is 0 Å². The molecule has 1 aliphatic rings. The van der Waals surface area contributed by atoms with Crippen LogP contribution in [0.2, 0.25) is 0 Å². The Labute approximate surface area is 121 Å². The number of methoxy groups -OCH3 is 1. The number of rotatable bonds is 4. The van der Waals surface area contributed by atoms with Gasteiger partial charge in [0.25, 0.3) is 0 Å². The molecule has 1 atom stereocenters. The maximum absolute atomic E-state index is 12.0. The van der Waals surface area contributed by atoms with E-state index in [2.05, 4.69) is 10.1 Å². The number of piperidine rings is 1. The molecule has 1 amide bonds. The molecule has 0 aromatic carbocycles. The molecule has 0 saturated carbocycles. The second-order valence-corrected chi connectivity index (χ2v) is 5.76. The van der Waals surface area contributed by atoms with Gasteiger partial charge >= 0.3 is 5.97 Å². The van der Waals surface area contributed by atoms with Crippen molar-refractivity contribution in [3.05, 3.63) is 16.3 Å². The lowest BCUT2D eigenvalue weighted by Crippen LogP contribution is -2.45. The molecule has 0 aliphatic carbocycles. The maximum Gasteiger partial charge on any atom is 0.350 e. The Kier molecular flexibility index (Phi) is 5.11. The summed E-state index contributed by atoms with van der Waals surface area (Å²) >= 11 is 1.25. The Balaban J connectivity index is 1.91. The smallest absolute Gasteiger partial charge is 0.350 e. The van der Waals surface area contributed by atoms with Crippen LogP contribution in [0, 0.1) is 0 Å². The van der Waals surface area contributed by atoms with E-state index in [1.165, 1.54) is 18.4 Å². The van der Waals surface area contributed by atoms with Gasteiger partial charge in [0.1, 0.15) is 4.88 Å². The third kappa shape index (κ3) is 3.78. The van der Waals surface area contributed by atoms with Crippen molar-refractivity contribution in [2.45, 2.75) is 18.9 Å². The lowest BCUT2D eigenvalue weighted by Gasteiger charge is -2.29. The minimum absolute atomic E-state index is 0.136. The van der Waals surface area contributed by atoms with Gasteiger partial charge < -0.3 is 15.8 Å². The minimum Gasteiger partial charge on any atom is -0.465 e. The molecule has 1 unspecified atom stereocenters. The van der Waals surface area contributed by atoms with Crippen LogP contribution >= 0.6 is 11.3 Å². The maximum atomic E-state index is 12.0. The summed E-state index contributed by atoms with van der Waals surface area (Å²) < 4.78 is 4.67. The molecule has 1 aliphatic heterocycles. The number of hydrogen-bond acceptors (Lipinski definition) is 6. The van der Waals surface area contributed by atoms with Gasteiger partial charge in [-0.05, 0) is 30.8 Å². The summed E-state index contributed by atoms with van der Waals surface area (Å²) in [6.07, 6.45) is 2.02. The average Bonchev–Trinajstić information content (AvgIpc) is 2.85. The van der Waals surface area contributed by atoms with E-state index in [1.807, 2.05) is 4.90 Å². The summed E-state index contributed by atoms with van der Waals surface area (Å²) in [6.45, 7) is 1.92. The number of ether oxygens (including phenoxy) is 1. The Morgan fingerprint density at radius 2 is 2.40 bits per heavy atom. The van der Waals surface area contributed by atoms with Crippen LogP contribution in [-0.4, -0.2) is 49.6 Å². The van der Waals surface area contributed by atoms with Gasteiger partial charge in [0.15, 0.2) is 0 Å². The van der Waals surface area contributed by atoms with Crippen molar-refractivity contribution in [2.75, 3.05) is 32.1 Å². The molecule has 1 aromatic heterocycles. The fourth-order valence-electron chi connectivity index (χ4n) is 2.29. The molecule has 2 rings (SSSR count). The van der Waals surface area contributed by atoms with Crippen molar-refractivity contribution >= 4 is 28.9 Å². The van der Waals surface area contributed by atoms with Crippen molar-refractivity contribution in [1.29, 1.82) is 0 Å². The highest BCUT2D eigenvalue weighted by Gasteiger charge is 2.20. The van der Waals surface area contributed by atoms with Gasteiger partial charge in [-0.1, -0.05) is 0 Å². The first-order valence-electron chi connectivity index (χ1n) is 6.53. The van der Waals surface area contributed by atoms with Crippen molar-refractivity contribution < 1.29 is 14.3 Å². The van der Waals surface area contributed by atoms with Gasteiger partial charge in [-0.2, -0.15) is 0 Å². The van der Waals surface area contributed by atoms with E-state index in [4.69, 9.17) is 5.73 Å². The Hall–Kier alpha value is -1.44. The summed E-state index contributed by atoms with van der Waals surface area (Å²) in [6, 6.07) is 1.85. The first kappa shape index (κ1) is 15.0. The van der Waals surface area contributed by atoms with Crippen LogP contribution in [0.15, 0.2) is 11.4 Å². The molecular formula is C13H19N3O3S. The Morgan fingerprint density at radius 1 is 1.60 bits per heavy atom. The lowest BCUT2D eigenvalue weighted by atomic mass is 10.1. The number of hydrogen-bond donors (Lipinski definition) is 2. The van der Waals surface area contributed by atoms with E-state index in [9.17, 15) is 9.59 Å². The summed E-state index contributed by atoms with van der Waals surface area (Å²) in [5, 5.41) is 4.50.